The molecule has 0 atom stereocenters. The van der Waals surface area contributed by atoms with Gasteiger partial charge < -0.3 is 19.9 Å². The Morgan fingerprint density at radius 2 is 1.76 bits per heavy atom. The average molecular weight is 529 g/mol. The molecule has 10 heteroatoms. The predicted octanol–water partition coefficient (Wildman–Crippen LogP) is 4.53. The summed E-state index contributed by atoms with van der Waals surface area (Å²) in [6, 6.07) is 12.1. The van der Waals surface area contributed by atoms with Gasteiger partial charge in [-0.1, -0.05) is 6.07 Å². The molecule has 1 aromatic heterocycles. The van der Waals surface area contributed by atoms with Crippen molar-refractivity contribution in [2.45, 2.75) is 19.6 Å². The molecule has 7 nitrogen and oxygen atoms in total. The number of aromatic nitrogens is 1. The second-order valence-corrected chi connectivity index (χ2v) is 9.74. The minimum Gasteiger partial charge on any atom is -0.378 e. The third-order valence-electron chi connectivity index (χ3n) is 6.46. The maximum absolute atomic E-state index is 13.5. The van der Waals surface area contributed by atoms with Crippen molar-refractivity contribution in [1.29, 1.82) is 0 Å². The third-order valence-corrected chi connectivity index (χ3v) is 6.46. The van der Waals surface area contributed by atoms with Crippen molar-refractivity contribution in [2.24, 2.45) is 7.05 Å². The molecular formula is C28H31F3N4O3. The van der Waals surface area contributed by atoms with Crippen LogP contribution in [0.5, 0.6) is 0 Å². The summed E-state index contributed by atoms with van der Waals surface area (Å²) in [6.07, 6.45) is -4.58. The molecule has 4 rings (SSSR count). The Hall–Kier alpha value is -3.63. The summed E-state index contributed by atoms with van der Waals surface area (Å²) in [4.78, 5) is 29.7. The van der Waals surface area contributed by atoms with E-state index in [0.717, 1.165) is 29.1 Å². The molecule has 0 bridgehead atoms. The Labute approximate surface area is 219 Å². The van der Waals surface area contributed by atoms with Gasteiger partial charge in [-0.2, -0.15) is 13.2 Å². The lowest BCUT2D eigenvalue weighted by Gasteiger charge is -2.30. The average Bonchev–Trinajstić information content (AvgIpc) is 2.86. The summed E-state index contributed by atoms with van der Waals surface area (Å²) >= 11 is 0. The van der Waals surface area contributed by atoms with Gasteiger partial charge in [-0.05, 0) is 79.7 Å². The Bertz CT molecular complexity index is 1390. The van der Waals surface area contributed by atoms with Crippen molar-refractivity contribution < 1.29 is 22.7 Å². The molecule has 2 heterocycles. The lowest BCUT2D eigenvalue weighted by atomic mass is 10.00. The predicted molar refractivity (Wildman–Crippen MR) is 142 cm³/mol. The maximum Gasteiger partial charge on any atom is 0.416 e. The van der Waals surface area contributed by atoms with Crippen molar-refractivity contribution in [3.63, 3.8) is 0 Å². The molecule has 0 saturated carbocycles. The molecule has 38 heavy (non-hydrogen) atoms. The van der Waals surface area contributed by atoms with Crippen LogP contribution in [0.15, 0.2) is 53.3 Å². The van der Waals surface area contributed by atoms with E-state index >= 15 is 0 Å². The standard InChI is InChI=1S/C28H31F3N4O3/c1-18-5-6-23(32-27(37)21-11-19(17-33(2)3)12-22(13-21)28(29,30)31)16-24(18)20-14-25(34(4)26(36)15-20)35-7-9-38-10-8-35/h5-6,11-16H,7-10,17H2,1-4H3,(H,32,37). The van der Waals surface area contributed by atoms with E-state index in [4.69, 9.17) is 4.74 Å². The topological polar surface area (TPSA) is 66.8 Å². The van der Waals surface area contributed by atoms with Crippen LogP contribution in [0.25, 0.3) is 11.1 Å². The summed E-state index contributed by atoms with van der Waals surface area (Å²) in [5.74, 6) is 0.117. The van der Waals surface area contributed by atoms with Crippen LogP contribution in [0.1, 0.15) is 27.0 Å². The number of pyridine rings is 1. The molecule has 1 N–H and O–H groups in total. The van der Waals surface area contributed by atoms with Crippen LogP contribution in [-0.4, -0.2) is 55.8 Å². The summed E-state index contributed by atoms with van der Waals surface area (Å²) in [5, 5.41) is 2.73. The molecular weight excluding hydrogens is 497 g/mol. The quantitative estimate of drug-likeness (QED) is 0.509. The lowest BCUT2D eigenvalue weighted by molar-refractivity contribution is -0.137. The number of nitrogens with zero attached hydrogens (tertiary/aromatic N) is 3. The first kappa shape index (κ1) is 27.4. The fraction of sp³-hybridized carbons (Fsp3) is 0.357. The fourth-order valence-corrected chi connectivity index (χ4v) is 4.53. The number of carbonyl (C=O) groups is 1. The first-order chi connectivity index (χ1) is 17.9. The summed E-state index contributed by atoms with van der Waals surface area (Å²) in [6.45, 7) is 4.63. The number of alkyl halides is 3. The largest absolute Gasteiger partial charge is 0.416 e. The zero-order valence-electron chi connectivity index (χ0n) is 21.9. The second kappa shape index (κ2) is 11.0. The molecule has 1 amide bonds. The molecule has 3 aromatic rings. The van der Waals surface area contributed by atoms with E-state index in [2.05, 4.69) is 10.2 Å². The van der Waals surface area contributed by atoms with E-state index in [1.54, 1.807) is 48.8 Å². The number of amides is 1. The van der Waals surface area contributed by atoms with Crippen LogP contribution in [-0.2, 0) is 24.5 Å². The highest BCUT2D eigenvalue weighted by atomic mass is 19.4. The zero-order valence-corrected chi connectivity index (χ0v) is 21.9. The highest BCUT2D eigenvalue weighted by Gasteiger charge is 2.32. The van der Waals surface area contributed by atoms with Crippen LogP contribution < -0.4 is 15.8 Å². The van der Waals surface area contributed by atoms with Gasteiger partial charge in [0.05, 0.1) is 18.8 Å². The molecule has 0 unspecified atom stereocenters. The Morgan fingerprint density at radius 1 is 1.05 bits per heavy atom. The molecule has 202 valence electrons. The molecule has 2 aromatic carbocycles. The summed E-state index contributed by atoms with van der Waals surface area (Å²) < 4.78 is 47.5. The molecule has 1 aliphatic rings. The van der Waals surface area contributed by atoms with E-state index in [0.29, 0.717) is 43.1 Å². The highest BCUT2D eigenvalue weighted by Crippen LogP contribution is 2.32. The van der Waals surface area contributed by atoms with E-state index in [-0.39, 0.29) is 17.7 Å². The van der Waals surface area contributed by atoms with E-state index in [9.17, 15) is 22.8 Å². The molecule has 0 radical (unpaired) electrons. The van der Waals surface area contributed by atoms with Crippen LogP contribution in [0.3, 0.4) is 0 Å². The number of benzene rings is 2. The Morgan fingerprint density at radius 3 is 2.42 bits per heavy atom. The number of morpholine rings is 1. The molecule has 1 aliphatic heterocycles. The maximum atomic E-state index is 13.5. The third kappa shape index (κ3) is 6.25. The molecule has 1 saturated heterocycles. The Kier molecular flexibility index (Phi) is 7.94. The molecule has 0 spiro atoms. The van der Waals surface area contributed by atoms with Crippen molar-refractivity contribution in [3.8, 4) is 11.1 Å². The molecule has 0 aliphatic carbocycles. The lowest BCUT2D eigenvalue weighted by Crippen LogP contribution is -2.39. The second-order valence-electron chi connectivity index (χ2n) is 9.74. The van der Waals surface area contributed by atoms with Crippen molar-refractivity contribution >= 4 is 17.4 Å². The minimum atomic E-state index is -4.58. The van der Waals surface area contributed by atoms with Gasteiger partial charge >= 0.3 is 6.18 Å². The summed E-state index contributed by atoms with van der Waals surface area (Å²) in [7, 11) is 5.21. The number of aryl methyl sites for hydroxylation is 1. The van der Waals surface area contributed by atoms with Gasteiger partial charge in [0, 0.05) is 44.0 Å². The zero-order chi connectivity index (χ0) is 27.6. The van der Waals surface area contributed by atoms with E-state index in [1.165, 1.54) is 12.1 Å². The summed E-state index contributed by atoms with van der Waals surface area (Å²) in [5.41, 5.74) is 1.99. The highest BCUT2D eigenvalue weighted by molar-refractivity contribution is 6.04. The number of hydrogen-bond donors (Lipinski definition) is 1. The number of anilines is 2. The van der Waals surface area contributed by atoms with Crippen LogP contribution >= 0.6 is 0 Å². The number of ether oxygens (including phenoxy) is 1. The monoisotopic (exact) mass is 528 g/mol. The van der Waals surface area contributed by atoms with Gasteiger partial charge in [-0.25, -0.2) is 0 Å². The van der Waals surface area contributed by atoms with E-state index < -0.39 is 17.6 Å². The van der Waals surface area contributed by atoms with Crippen molar-refractivity contribution in [1.82, 2.24) is 9.47 Å². The number of rotatable bonds is 6. The SMILES string of the molecule is Cc1ccc(NC(=O)c2cc(CN(C)C)cc(C(F)(F)F)c2)cc1-c1cc(N2CCOCC2)n(C)c(=O)c1. The number of nitrogens with one attached hydrogen (secondary N) is 1. The van der Waals surface area contributed by atoms with Gasteiger partial charge in [-0.3, -0.25) is 14.2 Å². The van der Waals surface area contributed by atoms with Gasteiger partial charge in [0.2, 0.25) is 0 Å². The smallest absolute Gasteiger partial charge is 0.378 e. The van der Waals surface area contributed by atoms with E-state index in [1.807, 2.05) is 13.0 Å². The molecule has 1 fully saturated rings. The first-order valence-corrected chi connectivity index (χ1v) is 12.2. The number of halogens is 3. The number of carbonyl (C=O) groups excluding carboxylic acids is 1. The normalized spacial score (nSPS) is 14.2. The van der Waals surface area contributed by atoms with Crippen LogP contribution in [0.2, 0.25) is 0 Å². The Balaban J connectivity index is 1.67. The first-order valence-electron chi connectivity index (χ1n) is 12.2. The number of hydrogen-bond acceptors (Lipinski definition) is 5. The minimum absolute atomic E-state index is 0.0815. The van der Waals surface area contributed by atoms with Gasteiger partial charge in [0.15, 0.2) is 0 Å². The van der Waals surface area contributed by atoms with Crippen LogP contribution in [0, 0.1) is 6.92 Å². The van der Waals surface area contributed by atoms with Crippen LogP contribution in [0.4, 0.5) is 24.7 Å². The van der Waals surface area contributed by atoms with Gasteiger partial charge in [-0.15, -0.1) is 0 Å². The van der Waals surface area contributed by atoms with Gasteiger partial charge in [0.25, 0.3) is 11.5 Å². The van der Waals surface area contributed by atoms with Crippen molar-refractivity contribution in [2.75, 3.05) is 50.6 Å². The van der Waals surface area contributed by atoms with Crippen molar-refractivity contribution in [3.05, 3.63) is 81.1 Å². The van der Waals surface area contributed by atoms with Gasteiger partial charge in [0.1, 0.15) is 5.82 Å². The fourth-order valence-electron chi connectivity index (χ4n) is 4.53.